The average molecular weight is 426 g/mol. The number of rotatable bonds is 7. The Labute approximate surface area is 176 Å². The lowest BCUT2D eigenvalue weighted by Gasteiger charge is -2.31. The highest BCUT2D eigenvalue weighted by atomic mass is 32.2. The fourth-order valence-electron chi connectivity index (χ4n) is 3.01. The topological polar surface area (TPSA) is 88.6 Å². The van der Waals surface area contributed by atoms with E-state index < -0.39 is 22.0 Å². The zero-order valence-electron chi connectivity index (χ0n) is 16.9. The van der Waals surface area contributed by atoms with Gasteiger partial charge in [0.25, 0.3) is 10.0 Å². The number of carbonyl (C=O) groups excluding carboxylic acids is 1. The van der Waals surface area contributed by atoms with Crippen molar-refractivity contribution in [2.45, 2.75) is 24.8 Å². The van der Waals surface area contributed by atoms with Crippen molar-refractivity contribution < 1.29 is 17.9 Å². The first-order chi connectivity index (χ1) is 14.3. The van der Waals surface area contributed by atoms with Crippen LogP contribution in [0.4, 0.5) is 11.4 Å². The van der Waals surface area contributed by atoms with Crippen LogP contribution in [0.15, 0.2) is 78.0 Å². The predicted molar refractivity (Wildman–Crippen MR) is 116 cm³/mol. The van der Waals surface area contributed by atoms with Crippen LogP contribution in [0.25, 0.3) is 0 Å². The Hall–Kier alpha value is -3.39. The summed E-state index contributed by atoms with van der Waals surface area (Å²) in [6.45, 7) is 3.38. The van der Waals surface area contributed by atoms with E-state index in [4.69, 9.17) is 4.74 Å². The lowest BCUT2D eigenvalue weighted by Crippen LogP contribution is -2.46. The van der Waals surface area contributed by atoms with Crippen molar-refractivity contribution >= 4 is 27.3 Å². The van der Waals surface area contributed by atoms with Crippen LogP contribution in [0.3, 0.4) is 0 Å². The van der Waals surface area contributed by atoms with Gasteiger partial charge in [-0.05, 0) is 55.8 Å². The van der Waals surface area contributed by atoms with E-state index in [2.05, 4.69) is 10.3 Å². The van der Waals surface area contributed by atoms with Crippen LogP contribution in [-0.4, -0.2) is 32.5 Å². The lowest BCUT2D eigenvalue weighted by molar-refractivity contribution is -0.116. The Balaban J connectivity index is 2.10. The molecule has 1 amide bonds. The number of hydrogen-bond donors (Lipinski definition) is 1. The zero-order valence-corrected chi connectivity index (χ0v) is 17.8. The molecular formula is C22H23N3O4S. The Morgan fingerprint density at radius 1 is 1.10 bits per heavy atom. The summed E-state index contributed by atoms with van der Waals surface area (Å²) in [5.41, 5.74) is 1.59. The molecule has 3 aromatic rings. The number of pyridine rings is 1. The standard InChI is InChI=1S/C22H23N3O4S/c1-16-11-12-21(29-3)20(14-16)25(30(27,28)19-9-5-4-6-10-19)17(2)22(26)24-18-8-7-13-23-15-18/h4-15,17H,1-3H3,(H,24,26). The van der Waals surface area contributed by atoms with Gasteiger partial charge >= 0.3 is 0 Å². The quantitative estimate of drug-likeness (QED) is 0.625. The number of anilines is 2. The Morgan fingerprint density at radius 3 is 2.47 bits per heavy atom. The highest BCUT2D eigenvalue weighted by Gasteiger charge is 2.35. The molecule has 8 heteroatoms. The van der Waals surface area contributed by atoms with Crippen molar-refractivity contribution in [3.8, 4) is 5.75 Å². The first-order valence-electron chi connectivity index (χ1n) is 9.29. The number of hydrogen-bond acceptors (Lipinski definition) is 5. The molecule has 30 heavy (non-hydrogen) atoms. The number of aromatic nitrogens is 1. The summed E-state index contributed by atoms with van der Waals surface area (Å²) in [7, 11) is -2.60. The fraction of sp³-hybridized carbons (Fsp3) is 0.182. The summed E-state index contributed by atoms with van der Waals surface area (Å²) >= 11 is 0. The zero-order chi connectivity index (χ0) is 21.7. The van der Waals surface area contributed by atoms with Crippen molar-refractivity contribution in [3.63, 3.8) is 0 Å². The normalized spacial score (nSPS) is 12.1. The summed E-state index contributed by atoms with van der Waals surface area (Å²) in [4.78, 5) is 17.1. The van der Waals surface area contributed by atoms with Crippen molar-refractivity contribution in [1.82, 2.24) is 4.98 Å². The van der Waals surface area contributed by atoms with Gasteiger partial charge in [-0.25, -0.2) is 8.42 Å². The largest absolute Gasteiger partial charge is 0.495 e. The third-order valence-corrected chi connectivity index (χ3v) is 6.43. The third kappa shape index (κ3) is 4.44. The molecule has 3 rings (SSSR count). The molecule has 0 saturated carbocycles. The van der Waals surface area contributed by atoms with Gasteiger partial charge in [0.1, 0.15) is 11.8 Å². The molecule has 7 nitrogen and oxygen atoms in total. The Morgan fingerprint density at radius 2 is 1.83 bits per heavy atom. The fourth-order valence-corrected chi connectivity index (χ4v) is 4.66. The van der Waals surface area contributed by atoms with Gasteiger partial charge < -0.3 is 10.1 Å². The number of methoxy groups -OCH3 is 1. The maximum absolute atomic E-state index is 13.6. The van der Waals surface area contributed by atoms with Gasteiger partial charge in [-0.1, -0.05) is 24.3 Å². The summed E-state index contributed by atoms with van der Waals surface area (Å²) in [6.07, 6.45) is 3.08. The number of amides is 1. The molecule has 1 N–H and O–H groups in total. The van der Waals surface area contributed by atoms with Gasteiger partial charge in [0.2, 0.25) is 5.91 Å². The molecule has 156 valence electrons. The van der Waals surface area contributed by atoms with Gasteiger partial charge in [-0.2, -0.15) is 0 Å². The number of sulfonamides is 1. The number of nitrogens with one attached hydrogen (secondary N) is 1. The van der Waals surface area contributed by atoms with Crippen LogP contribution in [0.1, 0.15) is 12.5 Å². The van der Waals surface area contributed by atoms with Crippen molar-refractivity contribution in [2.24, 2.45) is 0 Å². The maximum Gasteiger partial charge on any atom is 0.265 e. The van der Waals surface area contributed by atoms with E-state index >= 15 is 0 Å². The van der Waals surface area contributed by atoms with Crippen LogP contribution in [0.5, 0.6) is 5.75 Å². The number of nitrogens with zero attached hydrogens (tertiary/aromatic N) is 2. The van der Waals surface area contributed by atoms with Crippen LogP contribution in [-0.2, 0) is 14.8 Å². The SMILES string of the molecule is COc1ccc(C)cc1N(C(C)C(=O)Nc1cccnc1)S(=O)(=O)c1ccccc1. The van der Waals surface area contributed by atoms with Crippen molar-refractivity contribution in [2.75, 3.05) is 16.7 Å². The van der Waals surface area contributed by atoms with Crippen LogP contribution >= 0.6 is 0 Å². The number of carbonyl (C=O) groups is 1. The third-order valence-electron chi connectivity index (χ3n) is 4.53. The van der Waals surface area contributed by atoms with Crippen LogP contribution < -0.4 is 14.4 Å². The molecule has 1 heterocycles. The minimum absolute atomic E-state index is 0.0783. The van der Waals surface area contributed by atoms with E-state index in [1.807, 2.05) is 13.0 Å². The molecular weight excluding hydrogens is 402 g/mol. The molecule has 1 aromatic heterocycles. The molecule has 0 radical (unpaired) electrons. The van der Waals surface area contributed by atoms with Gasteiger partial charge in [0.15, 0.2) is 0 Å². The summed E-state index contributed by atoms with van der Waals surface area (Å²) < 4.78 is 33.7. The predicted octanol–water partition coefficient (Wildman–Crippen LogP) is 3.62. The average Bonchev–Trinajstić information content (AvgIpc) is 2.75. The van der Waals surface area contributed by atoms with Gasteiger partial charge in [-0.3, -0.25) is 14.1 Å². The second-order valence-electron chi connectivity index (χ2n) is 6.70. The maximum atomic E-state index is 13.6. The van der Waals surface area contributed by atoms with Crippen molar-refractivity contribution in [1.29, 1.82) is 0 Å². The number of aryl methyl sites for hydroxylation is 1. The Kier molecular flexibility index (Phi) is 6.37. The van der Waals surface area contributed by atoms with E-state index in [1.54, 1.807) is 48.7 Å². The Bertz CT molecular complexity index is 1120. The summed E-state index contributed by atoms with van der Waals surface area (Å²) in [5, 5.41) is 2.72. The first-order valence-corrected chi connectivity index (χ1v) is 10.7. The van der Waals surface area contributed by atoms with Crippen LogP contribution in [0, 0.1) is 6.92 Å². The smallest absolute Gasteiger partial charge is 0.265 e. The van der Waals surface area contributed by atoms with E-state index in [-0.39, 0.29) is 10.6 Å². The molecule has 0 bridgehead atoms. The molecule has 0 saturated heterocycles. The molecule has 0 spiro atoms. The lowest BCUT2D eigenvalue weighted by atomic mass is 10.2. The molecule has 1 unspecified atom stereocenters. The molecule has 0 fully saturated rings. The van der Waals surface area contributed by atoms with Gasteiger partial charge in [0.05, 0.1) is 29.6 Å². The molecule has 1 atom stereocenters. The number of benzene rings is 2. The minimum atomic E-state index is -4.06. The summed E-state index contributed by atoms with van der Waals surface area (Å²) in [5.74, 6) is -0.146. The highest BCUT2D eigenvalue weighted by molar-refractivity contribution is 7.93. The van der Waals surface area contributed by atoms with E-state index in [9.17, 15) is 13.2 Å². The van der Waals surface area contributed by atoms with E-state index in [0.717, 1.165) is 9.87 Å². The molecule has 2 aromatic carbocycles. The van der Waals surface area contributed by atoms with Gasteiger partial charge in [-0.15, -0.1) is 0 Å². The second-order valence-corrected chi connectivity index (χ2v) is 8.51. The highest BCUT2D eigenvalue weighted by Crippen LogP contribution is 2.35. The number of ether oxygens (including phenoxy) is 1. The van der Waals surface area contributed by atoms with Gasteiger partial charge in [0, 0.05) is 6.20 Å². The van der Waals surface area contributed by atoms with E-state index in [0.29, 0.717) is 11.4 Å². The monoisotopic (exact) mass is 425 g/mol. The second kappa shape index (κ2) is 8.96. The molecule has 0 aliphatic rings. The summed E-state index contributed by atoms with van der Waals surface area (Å²) in [6, 6.07) is 15.5. The molecule has 0 aliphatic carbocycles. The minimum Gasteiger partial charge on any atom is -0.495 e. The van der Waals surface area contributed by atoms with E-state index in [1.165, 1.54) is 32.4 Å². The first kappa shape index (κ1) is 21.3. The molecule has 0 aliphatic heterocycles. The van der Waals surface area contributed by atoms with Crippen LogP contribution in [0.2, 0.25) is 0 Å². The van der Waals surface area contributed by atoms with Crippen molar-refractivity contribution in [3.05, 3.63) is 78.6 Å².